The van der Waals surface area contributed by atoms with Gasteiger partial charge in [-0.1, -0.05) is 0 Å². The van der Waals surface area contributed by atoms with E-state index in [1.54, 1.807) is 0 Å². The molecule has 3 N–H and O–H groups in total. The number of nitrogens with zero attached hydrogens (tertiary/aromatic N) is 1. The fourth-order valence-electron chi connectivity index (χ4n) is 1.50. The molecule has 8 nitrogen and oxygen atoms in total. The van der Waals surface area contributed by atoms with Gasteiger partial charge in [0.25, 0.3) is 0 Å². The van der Waals surface area contributed by atoms with Crippen LogP contribution in [0, 0.1) is 0 Å². The van der Waals surface area contributed by atoms with Crippen LogP contribution in [0.25, 0.3) is 0 Å². The zero-order valence-corrected chi connectivity index (χ0v) is 10.1. The zero-order chi connectivity index (χ0) is 13.5. The molecule has 0 spiro atoms. The van der Waals surface area contributed by atoms with Crippen LogP contribution in [0.15, 0.2) is 0 Å². The molecule has 0 aromatic carbocycles. The summed E-state index contributed by atoms with van der Waals surface area (Å²) in [6, 6.07) is -0.352. The van der Waals surface area contributed by atoms with Gasteiger partial charge in [-0.3, -0.25) is 4.79 Å². The topological polar surface area (TPSA) is 108 Å². The van der Waals surface area contributed by atoms with Crippen LogP contribution in [-0.4, -0.2) is 66.8 Å². The van der Waals surface area contributed by atoms with E-state index in [-0.39, 0.29) is 25.1 Å². The van der Waals surface area contributed by atoms with Gasteiger partial charge >= 0.3 is 12.0 Å². The van der Waals surface area contributed by atoms with Gasteiger partial charge in [0, 0.05) is 26.6 Å². The number of carboxylic acids is 1. The van der Waals surface area contributed by atoms with E-state index in [2.05, 4.69) is 10.6 Å². The van der Waals surface area contributed by atoms with E-state index < -0.39 is 12.1 Å². The first kappa shape index (κ1) is 14.2. The van der Waals surface area contributed by atoms with Crippen LogP contribution in [0.5, 0.6) is 0 Å². The number of ether oxygens (including phenoxy) is 1. The molecule has 8 heteroatoms. The van der Waals surface area contributed by atoms with Gasteiger partial charge < -0.3 is 25.4 Å². The summed E-state index contributed by atoms with van der Waals surface area (Å²) >= 11 is 0. The number of morpholine rings is 1. The molecule has 0 bridgehead atoms. The highest BCUT2D eigenvalue weighted by molar-refractivity contribution is 5.77. The fraction of sp³-hybridized carbons (Fsp3) is 0.700. The van der Waals surface area contributed by atoms with Crippen molar-refractivity contribution in [2.75, 3.05) is 32.8 Å². The minimum absolute atomic E-state index is 0.0291. The highest BCUT2D eigenvalue weighted by Gasteiger charge is 2.28. The summed E-state index contributed by atoms with van der Waals surface area (Å²) < 4.78 is 5.00. The highest BCUT2D eigenvalue weighted by Crippen LogP contribution is 2.05. The van der Waals surface area contributed by atoms with E-state index in [0.717, 1.165) is 0 Å². The number of amides is 3. The number of carboxylic acid groups (broad SMARTS) is 1. The largest absolute Gasteiger partial charge is 0.479 e. The molecule has 102 valence electrons. The summed E-state index contributed by atoms with van der Waals surface area (Å²) in [7, 11) is 0. The molecule has 1 saturated heterocycles. The van der Waals surface area contributed by atoms with Gasteiger partial charge in [-0.2, -0.15) is 0 Å². The third-order valence-electron chi connectivity index (χ3n) is 2.40. The van der Waals surface area contributed by atoms with Crippen molar-refractivity contribution < 1.29 is 24.2 Å². The maximum atomic E-state index is 11.7. The minimum Gasteiger partial charge on any atom is -0.479 e. The SMILES string of the molecule is CC(=O)NCCNC(=O)N1CCOC(C(=O)O)C1. The number of hydrogen-bond acceptors (Lipinski definition) is 4. The van der Waals surface area contributed by atoms with Crippen molar-refractivity contribution in [1.82, 2.24) is 15.5 Å². The molecule has 18 heavy (non-hydrogen) atoms. The quantitative estimate of drug-likeness (QED) is 0.539. The second kappa shape index (κ2) is 6.80. The molecule has 1 unspecified atom stereocenters. The number of carbonyl (C=O) groups excluding carboxylic acids is 2. The van der Waals surface area contributed by atoms with Crippen LogP contribution < -0.4 is 10.6 Å². The predicted molar refractivity (Wildman–Crippen MR) is 61.0 cm³/mol. The first-order valence-electron chi connectivity index (χ1n) is 5.62. The molecule has 3 amide bonds. The lowest BCUT2D eigenvalue weighted by molar-refractivity contribution is -0.154. The fourth-order valence-corrected chi connectivity index (χ4v) is 1.50. The van der Waals surface area contributed by atoms with E-state index in [1.165, 1.54) is 11.8 Å². The van der Waals surface area contributed by atoms with Crippen molar-refractivity contribution in [3.8, 4) is 0 Å². The van der Waals surface area contributed by atoms with Crippen LogP contribution in [0.2, 0.25) is 0 Å². The zero-order valence-electron chi connectivity index (χ0n) is 10.1. The number of nitrogens with one attached hydrogen (secondary N) is 2. The Labute approximate surface area is 104 Å². The van der Waals surface area contributed by atoms with Gasteiger partial charge in [-0.15, -0.1) is 0 Å². The second-order valence-corrected chi connectivity index (χ2v) is 3.86. The summed E-state index contributed by atoms with van der Waals surface area (Å²) in [5.41, 5.74) is 0. The molecule has 1 aliphatic heterocycles. The van der Waals surface area contributed by atoms with Crippen LogP contribution in [0.4, 0.5) is 4.79 Å². The molecule has 0 aliphatic carbocycles. The predicted octanol–water partition coefficient (Wildman–Crippen LogP) is -1.38. The van der Waals surface area contributed by atoms with Crippen molar-refractivity contribution in [2.45, 2.75) is 13.0 Å². The molecule has 1 rings (SSSR count). The Hall–Kier alpha value is -1.83. The van der Waals surface area contributed by atoms with E-state index in [4.69, 9.17) is 9.84 Å². The summed E-state index contributed by atoms with van der Waals surface area (Å²) in [6.45, 7) is 2.62. The van der Waals surface area contributed by atoms with Crippen molar-refractivity contribution >= 4 is 17.9 Å². The van der Waals surface area contributed by atoms with Crippen LogP contribution in [0.1, 0.15) is 6.92 Å². The summed E-state index contributed by atoms with van der Waals surface area (Å²) in [4.78, 5) is 34.4. The van der Waals surface area contributed by atoms with Gasteiger partial charge in [0.15, 0.2) is 6.10 Å². The minimum atomic E-state index is -1.08. The van der Waals surface area contributed by atoms with Crippen molar-refractivity contribution in [3.05, 3.63) is 0 Å². The molecule has 1 heterocycles. The van der Waals surface area contributed by atoms with E-state index in [0.29, 0.717) is 19.6 Å². The first-order chi connectivity index (χ1) is 8.50. The second-order valence-electron chi connectivity index (χ2n) is 3.86. The molecule has 0 radical (unpaired) electrons. The van der Waals surface area contributed by atoms with Crippen LogP contribution in [0.3, 0.4) is 0 Å². The van der Waals surface area contributed by atoms with Crippen molar-refractivity contribution in [1.29, 1.82) is 0 Å². The van der Waals surface area contributed by atoms with Gasteiger partial charge in [0.1, 0.15) is 0 Å². The van der Waals surface area contributed by atoms with E-state index in [1.807, 2.05) is 0 Å². The molecule has 0 saturated carbocycles. The smallest absolute Gasteiger partial charge is 0.334 e. The van der Waals surface area contributed by atoms with Crippen molar-refractivity contribution in [2.24, 2.45) is 0 Å². The molecular weight excluding hydrogens is 242 g/mol. The number of rotatable bonds is 4. The summed E-state index contributed by atoms with van der Waals surface area (Å²) in [5, 5.41) is 13.9. The molecule has 0 aromatic rings. The molecule has 1 fully saturated rings. The Morgan fingerprint density at radius 2 is 2.00 bits per heavy atom. The third-order valence-corrected chi connectivity index (χ3v) is 2.40. The van der Waals surface area contributed by atoms with Crippen molar-refractivity contribution in [3.63, 3.8) is 0 Å². The lowest BCUT2D eigenvalue weighted by atomic mass is 10.3. The Balaban J connectivity index is 2.28. The normalized spacial score (nSPS) is 19.2. The van der Waals surface area contributed by atoms with E-state index >= 15 is 0 Å². The number of hydrogen-bond donors (Lipinski definition) is 3. The van der Waals surface area contributed by atoms with Gasteiger partial charge in [-0.05, 0) is 0 Å². The highest BCUT2D eigenvalue weighted by atomic mass is 16.5. The maximum absolute atomic E-state index is 11.7. The molecule has 1 aliphatic rings. The third kappa shape index (κ3) is 4.58. The monoisotopic (exact) mass is 259 g/mol. The van der Waals surface area contributed by atoms with Gasteiger partial charge in [-0.25, -0.2) is 9.59 Å². The molecule has 0 aromatic heterocycles. The van der Waals surface area contributed by atoms with Gasteiger partial charge in [0.2, 0.25) is 5.91 Å². The van der Waals surface area contributed by atoms with Crippen LogP contribution in [-0.2, 0) is 14.3 Å². The summed E-state index contributed by atoms with van der Waals surface area (Å²) in [6.07, 6.45) is -0.972. The number of urea groups is 1. The Morgan fingerprint density at radius 1 is 1.33 bits per heavy atom. The number of carbonyl (C=O) groups is 3. The lowest BCUT2D eigenvalue weighted by Gasteiger charge is -2.30. The standard InChI is InChI=1S/C10H17N3O5/c1-7(14)11-2-3-12-10(17)13-4-5-18-8(6-13)9(15)16/h8H,2-6H2,1H3,(H,11,14)(H,12,17)(H,15,16). The Morgan fingerprint density at radius 3 is 2.61 bits per heavy atom. The Kier molecular flexibility index (Phi) is 5.37. The maximum Gasteiger partial charge on any atom is 0.334 e. The van der Waals surface area contributed by atoms with Crippen LogP contribution >= 0.6 is 0 Å². The molecule has 1 atom stereocenters. The van der Waals surface area contributed by atoms with E-state index in [9.17, 15) is 14.4 Å². The average molecular weight is 259 g/mol. The first-order valence-corrected chi connectivity index (χ1v) is 5.62. The molecular formula is C10H17N3O5. The summed E-state index contributed by atoms with van der Waals surface area (Å²) in [5.74, 6) is -1.24. The average Bonchev–Trinajstić information content (AvgIpc) is 2.34. The Bertz CT molecular complexity index is 333. The van der Waals surface area contributed by atoms with Gasteiger partial charge in [0.05, 0.1) is 13.2 Å². The number of aliphatic carboxylic acids is 1. The lowest BCUT2D eigenvalue weighted by Crippen LogP contribution is -2.52.